The molecule has 0 amide bonds. The Kier molecular flexibility index (Phi) is 8.91. The van der Waals surface area contributed by atoms with Crippen molar-refractivity contribution in [3.63, 3.8) is 0 Å². The fourth-order valence-corrected chi connectivity index (χ4v) is 8.95. The fraction of sp³-hybridized carbons (Fsp3) is 0. The molecule has 0 atom stereocenters. The van der Waals surface area contributed by atoms with Crippen LogP contribution in [0, 0.1) is 0 Å². The zero-order chi connectivity index (χ0) is 39.3. The van der Waals surface area contributed by atoms with Crippen molar-refractivity contribution in [3.8, 4) is 44.5 Å². The highest BCUT2D eigenvalue weighted by molar-refractivity contribution is 6.63. The third kappa shape index (κ3) is 6.04. The van der Waals surface area contributed by atoms with Crippen LogP contribution in [-0.2, 0) is 0 Å². The van der Waals surface area contributed by atoms with Crippen molar-refractivity contribution in [2.45, 2.75) is 0 Å². The van der Waals surface area contributed by atoms with Crippen molar-refractivity contribution in [2.24, 2.45) is 0 Å². The van der Waals surface area contributed by atoms with Crippen LogP contribution in [0.3, 0.4) is 0 Å². The smallest absolute Gasteiger partial charge is 0.143 e. The fourth-order valence-electron chi connectivity index (χ4n) is 8.95. The van der Waals surface area contributed by atoms with Gasteiger partial charge in [-0.3, -0.25) is 0 Å². The summed E-state index contributed by atoms with van der Waals surface area (Å²) in [5.41, 5.74) is 20.1. The predicted molar refractivity (Wildman–Crippen MR) is 260 cm³/mol. The summed E-state index contributed by atoms with van der Waals surface area (Å²) < 4.78 is 6.56. The maximum Gasteiger partial charge on any atom is 0.143 e. The average Bonchev–Trinajstić information content (AvgIpc) is 3.68. The standard InChI is InChI=1S/C52H39B4NO/c53-47-45(38-20-18-34(19-21-38)32-10-3-1-4-11-32)48(54)50(56)51(49(47)55)57(39-27-22-35(23-28-39)33-12-5-2-6-13-33)40-29-24-37(25-30-40)41-16-9-17-44-46(41)43-31-26-36-14-7-8-15-42(36)52(43)58-44/h1-31H,53-56H2. The Morgan fingerprint density at radius 1 is 0.362 bits per heavy atom. The number of rotatable bonds is 7. The normalized spacial score (nSPS) is 11.4. The summed E-state index contributed by atoms with van der Waals surface area (Å²) in [5, 5.41) is 4.61. The Morgan fingerprint density at radius 3 is 1.47 bits per heavy atom. The molecule has 0 fully saturated rings. The molecule has 6 heteroatoms. The zero-order valence-electron chi connectivity index (χ0n) is 33.3. The Morgan fingerprint density at radius 2 is 0.862 bits per heavy atom. The van der Waals surface area contributed by atoms with Gasteiger partial charge in [-0.15, -0.1) is 0 Å². The van der Waals surface area contributed by atoms with Gasteiger partial charge in [0.15, 0.2) is 0 Å². The van der Waals surface area contributed by atoms with Crippen LogP contribution < -0.4 is 26.8 Å². The Labute approximate surface area is 343 Å². The molecule has 0 N–H and O–H groups in total. The molecule has 58 heavy (non-hydrogen) atoms. The topological polar surface area (TPSA) is 16.4 Å². The van der Waals surface area contributed by atoms with Crippen LogP contribution in [0.25, 0.3) is 77.2 Å². The first kappa shape index (κ1) is 35.5. The maximum absolute atomic E-state index is 6.56. The summed E-state index contributed by atoms with van der Waals surface area (Å²) in [7, 11) is 9.13. The quantitative estimate of drug-likeness (QED) is 0.155. The lowest BCUT2D eigenvalue weighted by Crippen LogP contribution is -2.46. The molecule has 0 aliphatic rings. The van der Waals surface area contributed by atoms with Gasteiger partial charge in [0.2, 0.25) is 0 Å². The van der Waals surface area contributed by atoms with E-state index in [0.29, 0.717) is 0 Å². The molecular weight excluding hydrogens is 698 g/mol. The van der Waals surface area contributed by atoms with E-state index in [4.69, 9.17) is 4.42 Å². The van der Waals surface area contributed by atoms with Crippen LogP contribution in [-0.4, -0.2) is 31.4 Å². The van der Waals surface area contributed by atoms with Crippen LogP contribution in [0.5, 0.6) is 0 Å². The Bertz CT molecular complexity index is 3090. The van der Waals surface area contributed by atoms with Crippen LogP contribution in [0.1, 0.15) is 0 Å². The Balaban J connectivity index is 1.10. The summed E-state index contributed by atoms with van der Waals surface area (Å²) in [5.74, 6) is 0. The number of fused-ring (bicyclic) bond motifs is 5. The van der Waals surface area contributed by atoms with Crippen LogP contribution >= 0.6 is 0 Å². The van der Waals surface area contributed by atoms with Gasteiger partial charge in [-0.05, 0) is 86.3 Å². The van der Waals surface area contributed by atoms with Crippen molar-refractivity contribution >= 4 is 103 Å². The maximum atomic E-state index is 6.56. The summed E-state index contributed by atoms with van der Waals surface area (Å²) in [6.45, 7) is 0. The largest absolute Gasteiger partial charge is 0.455 e. The molecule has 0 unspecified atom stereocenters. The van der Waals surface area contributed by atoms with Crippen molar-refractivity contribution in [3.05, 3.63) is 188 Å². The summed E-state index contributed by atoms with van der Waals surface area (Å²) in [4.78, 5) is 2.45. The third-order valence-corrected chi connectivity index (χ3v) is 12.1. The van der Waals surface area contributed by atoms with Crippen molar-refractivity contribution in [1.29, 1.82) is 0 Å². The molecular formula is C52H39B4NO. The molecule has 1 aromatic heterocycles. The van der Waals surface area contributed by atoms with Gasteiger partial charge in [-0.2, -0.15) is 0 Å². The highest BCUT2D eigenvalue weighted by atomic mass is 16.3. The molecule has 0 aliphatic heterocycles. The van der Waals surface area contributed by atoms with Gasteiger partial charge in [0, 0.05) is 33.2 Å². The summed E-state index contributed by atoms with van der Waals surface area (Å²) in [6.07, 6.45) is 0. The minimum atomic E-state index is 0.903. The van der Waals surface area contributed by atoms with E-state index in [0.717, 1.165) is 44.3 Å². The van der Waals surface area contributed by atoms with Crippen LogP contribution in [0.2, 0.25) is 0 Å². The first-order valence-electron chi connectivity index (χ1n) is 20.1. The molecule has 0 aliphatic carbocycles. The second kappa shape index (κ2) is 14.6. The monoisotopic (exact) mass is 737 g/mol. The van der Waals surface area contributed by atoms with E-state index in [1.165, 1.54) is 71.9 Å². The highest BCUT2D eigenvalue weighted by Gasteiger charge is 2.23. The third-order valence-electron chi connectivity index (χ3n) is 12.1. The zero-order valence-corrected chi connectivity index (χ0v) is 33.3. The van der Waals surface area contributed by atoms with E-state index in [2.05, 4.69) is 224 Å². The lowest BCUT2D eigenvalue weighted by molar-refractivity contribution is 0.673. The van der Waals surface area contributed by atoms with Gasteiger partial charge >= 0.3 is 0 Å². The lowest BCUT2D eigenvalue weighted by atomic mass is 9.64. The molecule has 270 valence electrons. The second-order valence-corrected chi connectivity index (χ2v) is 15.4. The summed E-state index contributed by atoms with van der Waals surface area (Å²) in [6, 6.07) is 67.6. The van der Waals surface area contributed by atoms with Gasteiger partial charge in [-0.1, -0.05) is 174 Å². The van der Waals surface area contributed by atoms with Gasteiger partial charge in [0.25, 0.3) is 0 Å². The van der Waals surface area contributed by atoms with E-state index < -0.39 is 0 Å². The molecule has 2 nitrogen and oxygen atoms in total. The molecule has 9 aromatic carbocycles. The first-order valence-corrected chi connectivity index (χ1v) is 20.1. The number of benzene rings is 9. The van der Waals surface area contributed by atoms with Gasteiger partial charge in [-0.25, -0.2) is 0 Å². The van der Waals surface area contributed by atoms with E-state index in [1.807, 2.05) is 0 Å². The van der Waals surface area contributed by atoms with Crippen molar-refractivity contribution in [1.82, 2.24) is 0 Å². The minimum Gasteiger partial charge on any atom is -0.455 e. The molecule has 10 aromatic rings. The SMILES string of the molecule is Bc1c(B)c(N(c2ccc(-c3ccccc3)cc2)c2ccc(-c3cccc4oc5c6ccccc6ccc5c34)cc2)c(B)c(B)c1-c1ccc(-c2ccccc2)cc1. The minimum absolute atomic E-state index is 0.903. The number of anilines is 3. The number of nitrogens with zero attached hydrogens (tertiary/aromatic N) is 1. The van der Waals surface area contributed by atoms with Crippen LogP contribution in [0.4, 0.5) is 17.1 Å². The molecule has 0 spiro atoms. The second-order valence-electron chi connectivity index (χ2n) is 15.4. The van der Waals surface area contributed by atoms with Crippen molar-refractivity contribution in [2.75, 3.05) is 4.90 Å². The first-order chi connectivity index (χ1) is 28.4. The molecule has 1 heterocycles. The van der Waals surface area contributed by atoms with Crippen molar-refractivity contribution < 1.29 is 4.42 Å². The van der Waals surface area contributed by atoms with Gasteiger partial charge in [0.05, 0.1) is 0 Å². The number of furan rings is 1. The molecule has 10 rings (SSSR count). The molecule has 0 bridgehead atoms. The molecule has 0 radical (unpaired) electrons. The molecule has 0 saturated heterocycles. The van der Waals surface area contributed by atoms with E-state index >= 15 is 0 Å². The Hall–Kier alpha value is -6.90. The molecule has 0 saturated carbocycles. The number of hydrogen-bond acceptors (Lipinski definition) is 2. The summed E-state index contributed by atoms with van der Waals surface area (Å²) >= 11 is 0. The van der Waals surface area contributed by atoms with Gasteiger partial charge < -0.3 is 9.32 Å². The van der Waals surface area contributed by atoms with E-state index in [1.54, 1.807) is 0 Å². The average molecular weight is 737 g/mol. The lowest BCUT2D eigenvalue weighted by Gasteiger charge is -2.32. The predicted octanol–water partition coefficient (Wildman–Crippen LogP) is 7.91. The highest BCUT2D eigenvalue weighted by Crippen LogP contribution is 2.41. The number of hydrogen-bond donors (Lipinski definition) is 0. The van der Waals surface area contributed by atoms with E-state index in [9.17, 15) is 0 Å². The van der Waals surface area contributed by atoms with E-state index in [-0.39, 0.29) is 0 Å². The van der Waals surface area contributed by atoms with Gasteiger partial charge in [0.1, 0.15) is 42.6 Å². The van der Waals surface area contributed by atoms with Crippen LogP contribution in [0.15, 0.2) is 192 Å².